The van der Waals surface area contributed by atoms with Gasteiger partial charge in [-0.3, -0.25) is 9.36 Å². The minimum absolute atomic E-state index is 0.00898. The van der Waals surface area contributed by atoms with E-state index < -0.39 is 0 Å². The summed E-state index contributed by atoms with van der Waals surface area (Å²) >= 11 is 1.58. The zero-order chi connectivity index (χ0) is 15.7. The number of quaternary nitrogens is 1. The van der Waals surface area contributed by atoms with Gasteiger partial charge in [0.15, 0.2) is 5.82 Å². The number of fused-ring (bicyclic) bond motifs is 1. The second-order valence-electron chi connectivity index (χ2n) is 5.70. The van der Waals surface area contributed by atoms with Crippen LogP contribution in [-0.2, 0) is 13.1 Å². The Morgan fingerprint density at radius 1 is 1.23 bits per heavy atom. The largest absolute Gasteiger partial charge is 0.334 e. The quantitative estimate of drug-likeness (QED) is 0.777. The number of hydrogen-bond acceptors (Lipinski definition) is 4. The van der Waals surface area contributed by atoms with E-state index in [0.29, 0.717) is 18.5 Å². The number of rotatable bonds is 4. The molecular formula is C16H19N4OS+. The van der Waals surface area contributed by atoms with E-state index in [4.69, 9.17) is 4.98 Å². The number of hydrogen-bond donors (Lipinski definition) is 1. The van der Waals surface area contributed by atoms with Gasteiger partial charge in [0, 0.05) is 11.1 Å². The van der Waals surface area contributed by atoms with Gasteiger partial charge in [0.05, 0.1) is 31.5 Å². The second-order valence-corrected chi connectivity index (χ2v) is 6.65. The second kappa shape index (κ2) is 5.98. The minimum atomic E-state index is 0.00898. The van der Waals surface area contributed by atoms with Gasteiger partial charge in [-0.25, -0.2) is 9.97 Å². The number of nitrogens with one attached hydrogen (secondary N) is 1. The van der Waals surface area contributed by atoms with Gasteiger partial charge >= 0.3 is 0 Å². The third-order valence-electron chi connectivity index (χ3n) is 3.41. The lowest BCUT2D eigenvalue weighted by molar-refractivity contribution is -0.873. The fraction of sp³-hybridized carbons (Fsp3) is 0.312. The average molecular weight is 315 g/mol. The van der Waals surface area contributed by atoms with Crippen molar-refractivity contribution in [1.82, 2.24) is 14.5 Å². The standard InChI is InChI=1S/C16H18N4OS/c1-11-10-22-15(17-11)9-20-14(8-19(2)3)18-13-7-5-4-6-12(13)16(20)21/h4-7,10H,8-9H2,1-3H3/p+1. The zero-order valence-corrected chi connectivity index (χ0v) is 13.8. The summed E-state index contributed by atoms with van der Waals surface area (Å²) in [4.78, 5) is 23.2. The SMILES string of the molecule is Cc1csc(Cn2c(C[NH+](C)C)nc3ccccc3c2=O)n1. The molecule has 0 aliphatic carbocycles. The maximum Gasteiger partial charge on any atom is 0.261 e. The van der Waals surface area contributed by atoms with E-state index in [0.717, 1.165) is 22.0 Å². The maximum absolute atomic E-state index is 12.8. The normalized spacial score (nSPS) is 11.5. The zero-order valence-electron chi connectivity index (χ0n) is 13.0. The molecule has 3 rings (SSSR count). The molecule has 0 aliphatic heterocycles. The highest BCUT2D eigenvalue weighted by Crippen LogP contribution is 2.12. The fourth-order valence-corrected chi connectivity index (χ4v) is 3.20. The fourth-order valence-electron chi connectivity index (χ4n) is 2.44. The molecule has 0 bridgehead atoms. The summed E-state index contributed by atoms with van der Waals surface area (Å²) in [5.41, 5.74) is 1.76. The van der Waals surface area contributed by atoms with E-state index >= 15 is 0 Å². The first-order valence-electron chi connectivity index (χ1n) is 7.23. The lowest BCUT2D eigenvalue weighted by atomic mass is 10.2. The van der Waals surface area contributed by atoms with Crippen molar-refractivity contribution in [3.8, 4) is 0 Å². The Balaban J connectivity index is 2.16. The molecule has 1 aromatic carbocycles. The molecule has 0 amide bonds. The van der Waals surface area contributed by atoms with Crippen LogP contribution in [0.2, 0.25) is 0 Å². The van der Waals surface area contributed by atoms with Gasteiger partial charge < -0.3 is 4.90 Å². The molecule has 0 atom stereocenters. The first-order valence-corrected chi connectivity index (χ1v) is 8.11. The lowest BCUT2D eigenvalue weighted by Crippen LogP contribution is -3.04. The Morgan fingerprint density at radius 2 is 2.00 bits per heavy atom. The summed E-state index contributed by atoms with van der Waals surface area (Å²) in [5.74, 6) is 0.802. The van der Waals surface area contributed by atoms with Gasteiger partial charge in [0.25, 0.3) is 5.56 Å². The van der Waals surface area contributed by atoms with E-state index in [1.165, 1.54) is 4.90 Å². The Hall–Kier alpha value is -2.05. The van der Waals surface area contributed by atoms with Gasteiger partial charge in [-0.05, 0) is 19.1 Å². The van der Waals surface area contributed by atoms with E-state index in [1.54, 1.807) is 15.9 Å². The molecule has 114 valence electrons. The monoisotopic (exact) mass is 315 g/mol. The van der Waals surface area contributed by atoms with Gasteiger partial charge in [-0.2, -0.15) is 0 Å². The number of nitrogens with zero attached hydrogens (tertiary/aromatic N) is 3. The highest BCUT2D eigenvalue weighted by Gasteiger charge is 2.14. The van der Waals surface area contributed by atoms with Crippen molar-refractivity contribution in [2.24, 2.45) is 0 Å². The van der Waals surface area contributed by atoms with Crippen LogP contribution in [0, 0.1) is 6.92 Å². The van der Waals surface area contributed by atoms with E-state index in [2.05, 4.69) is 19.1 Å². The number of thiazole rings is 1. The van der Waals surface area contributed by atoms with Crippen LogP contribution >= 0.6 is 11.3 Å². The van der Waals surface area contributed by atoms with Crippen molar-refractivity contribution >= 4 is 22.2 Å². The number of aryl methyl sites for hydroxylation is 1. The molecule has 0 radical (unpaired) electrons. The van der Waals surface area contributed by atoms with Crippen molar-refractivity contribution in [2.45, 2.75) is 20.0 Å². The Bertz CT molecular complexity index is 866. The molecule has 3 aromatic rings. The molecule has 0 aliphatic rings. The smallest absolute Gasteiger partial charge is 0.261 e. The van der Waals surface area contributed by atoms with Gasteiger partial charge in [-0.1, -0.05) is 12.1 Å². The van der Waals surface area contributed by atoms with Crippen LogP contribution < -0.4 is 10.5 Å². The molecule has 0 saturated heterocycles. The van der Waals surface area contributed by atoms with Gasteiger partial charge in [0.1, 0.15) is 11.6 Å². The van der Waals surface area contributed by atoms with Gasteiger partial charge in [0.2, 0.25) is 0 Å². The molecule has 2 heterocycles. The molecule has 0 spiro atoms. The van der Waals surface area contributed by atoms with Crippen LogP contribution in [0.3, 0.4) is 0 Å². The topological polar surface area (TPSA) is 52.2 Å². The molecule has 22 heavy (non-hydrogen) atoms. The molecular weight excluding hydrogens is 296 g/mol. The molecule has 5 nitrogen and oxygen atoms in total. The average Bonchev–Trinajstić information content (AvgIpc) is 2.88. The summed E-state index contributed by atoms with van der Waals surface area (Å²) in [5, 5.41) is 3.60. The van der Waals surface area contributed by atoms with Crippen molar-refractivity contribution in [2.75, 3.05) is 14.1 Å². The van der Waals surface area contributed by atoms with Crippen molar-refractivity contribution in [1.29, 1.82) is 0 Å². The molecule has 6 heteroatoms. The number of benzene rings is 1. The van der Waals surface area contributed by atoms with Crippen molar-refractivity contribution in [3.05, 3.63) is 56.5 Å². The van der Waals surface area contributed by atoms with Crippen LogP contribution in [0.25, 0.3) is 10.9 Å². The van der Waals surface area contributed by atoms with Crippen LogP contribution in [-0.4, -0.2) is 28.6 Å². The van der Waals surface area contributed by atoms with Crippen LogP contribution in [0.4, 0.5) is 0 Å². The summed E-state index contributed by atoms with van der Waals surface area (Å²) in [7, 11) is 4.11. The van der Waals surface area contributed by atoms with Crippen molar-refractivity contribution in [3.63, 3.8) is 0 Å². The van der Waals surface area contributed by atoms with E-state index in [9.17, 15) is 4.79 Å². The Kier molecular flexibility index (Phi) is 4.04. The summed E-state index contributed by atoms with van der Waals surface area (Å²) < 4.78 is 1.76. The Labute approximate surface area is 132 Å². The maximum atomic E-state index is 12.8. The summed E-state index contributed by atoms with van der Waals surface area (Å²) in [6.07, 6.45) is 0. The lowest BCUT2D eigenvalue weighted by Gasteiger charge is -2.14. The third-order valence-corrected chi connectivity index (χ3v) is 4.36. The third kappa shape index (κ3) is 2.93. The number of aromatic nitrogens is 3. The van der Waals surface area contributed by atoms with Crippen LogP contribution in [0.1, 0.15) is 16.5 Å². The Morgan fingerprint density at radius 3 is 2.68 bits per heavy atom. The predicted octanol–water partition coefficient (Wildman–Crippen LogP) is 0.854. The minimum Gasteiger partial charge on any atom is -0.334 e. The molecule has 2 aromatic heterocycles. The van der Waals surface area contributed by atoms with Crippen LogP contribution in [0.15, 0.2) is 34.4 Å². The van der Waals surface area contributed by atoms with E-state index in [-0.39, 0.29) is 5.56 Å². The summed E-state index contributed by atoms with van der Waals surface area (Å²) in [6.45, 7) is 3.15. The molecule has 0 saturated carbocycles. The summed E-state index contributed by atoms with van der Waals surface area (Å²) in [6, 6.07) is 7.51. The van der Waals surface area contributed by atoms with Crippen molar-refractivity contribution < 1.29 is 4.90 Å². The first-order chi connectivity index (χ1) is 10.5. The molecule has 0 fully saturated rings. The van der Waals surface area contributed by atoms with Gasteiger partial charge in [-0.15, -0.1) is 11.3 Å². The van der Waals surface area contributed by atoms with Crippen LogP contribution in [0.5, 0.6) is 0 Å². The highest BCUT2D eigenvalue weighted by atomic mass is 32.1. The van der Waals surface area contributed by atoms with E-state index in [1.807, 2.05) is 36.6 Å². The molecule has 1 N–H and O–H groups in total. The predicted molar refractivity (Wildman–Crippen MR) is 88.5 cm³/mol. The molecule has 0 unspecified atom stereocenters. The first kappa shape index (κ1) is 14.9. The number of para-hydroxylation sites is 1. The highest BCUT2D eigenvalue weighted by molar-refractivity contribution is 7.09.